The molecule has 0 saturated heterocycles. The molecule has 0 amide bonds. The number of aromatic nitrogens is 5. The highest BCUT2D eigenvalue weighted by atomic mass is 15.3. The first-order valence-corrected chi connectivity index (χ1v) is 3.91. The third-order valence-corrected chi connectivity index (χ3v) is 1.77. The molecular formula is C8H9N5. The fraction of sp³-hybridized carbons (Fsp3) is 0.250. The van der Waals surface area contributed by atoms with Gasteiger partial charge in [-0.05, 0) is 6.92 Å². The van der Waals surface area contributed by atoms with Crippen molar-refractivity contribution in [1.82, 2.24) is 24.7 Å². The molecule has 2 aromatic heterocycles. The smallest absolute Gasteiger partial charge is 0.201 e. The van der Waals surface area contributed by atoms with E-state index in [1.54, 1.807) is 23.3 Å². The fourth-order valence-corrected chi connectivity index (χ4v) is 0.985. The Morgan fingerprint density at radius 1 is 1.31 bits per heavy atom. The molecule has 0 aliphatic rings. The third-order valence-electron chi connectivity index (χ3n) is 1.77. The molecule has 66 valence electrons. The van der Waals surface area contributed by atoms with Crippen molar-refractivity contribution < 1.29 is 0 Å². The van der Waals surface area contributed by atoms with Crippen molar-refractivity contribution in [2.75, 3.05) is 0 Å². The van der Waals surface area contributed by atoms with Crippen LogP contribution in [0.15, 0.2) is 18.6 Å². The van der Waals surface area contributed by atoms with Gasteiger partial charge in [0.15, 0.2) is 0 Å². The van der Waals surface area contributed by atoms with Crippen molar-refractivity contribution in [3.63, 3.8) is 0 Å². The van der Waals surface area contributed by atoms with Gasteiger partial charge >= 0.3 is 0 Å². The van der Waals surface area contributed by atoms with E-state index in [4.69, 9.17) is 0 Å². The lowest BCUT2D eigenvalue weighted by atomic mass is 10.4. The molecule has 5 nitrogen and oxygen atoms in total. The van der Waals surface area contributed by atoms with Crippen molar-refractivity contribution in [3.8, 4) is 11.5 Å². The molecule has 2 aromatic rings. The van der Waals surface area contributed by atoms with Crippen LogP contribution in [0.3, 0.4) is 0 Å². The monoisotopic (exact) mass is 175 g/mol. The normalized spacial score (nSPS) is 10.3. The molecule has 13 heavy (non-hydrogen) atoms. The third kappa shape index (κ3) is 1.40. The Kier molecular flexibility index (Phi) is 1.77. The molecule has 0 N–H and O–H groups in total. The van der Waals surface area contributed by atoms with Gasteiger partial charge in [0, 0.05) is 19.4 Å². The zero-order valence-corrected chi connectivity index (χ0v) is 7.47. The largest absolute Gasteiger partial charge is 0.261 e. The number of hydrogen-bond donors (Lipinski definition) is 0. The summed E-state index contributed by atoms with van der Waals surface area (Å²) < 4.78 is 1.71. The first-order chi connectivity index (χ1) is 6.27. The SMILES string of the molecule is Cc1nc(-c2cnccn2)nn1C. The standard InChI is InChI=1S/C8H9N5/c1-6-11-8(12-13(6)2)7-5-9-3-4-10-7/h3-5H,1-2H3. The zero-order chi connectivity index (χ0) is 9.26. The Morgan fingerprint density at radius 3 is 2.69 bits per heavy atom. The lowest BCUT2D eigenvalue weighted by Crippen LogP contribution is -1.92. The van der Waals surface area contributed by atoms with E-state index in [-0.39, 0.29) is 0 Å². The maximum atomic E-state index is 4.23. The molecule has 0 atom stereocenters. The van der Waals surface area contributed by atoms with E-state index in [2.05, 4.69) is 20.1 Å². The van der Waals surface area contributed by atoms with Crippen LogP contribution in [0.25, 0.3) is 11.5 Å². The van der Waals surface area contributed by atoms with Crippen molar-refractivity contribution in [2.45, 2.75) is 6.92 Å². The van der Waals surface area contributed by atoms with Gasteiger partial charge in [0.1, 0.15) is 11.5 Å². The average molecular weight is 175 g/mol. The molecule has 0 unspecified atom stereocenters. The number of nitrogens with zero attached hydrogens (tertiary/aromatic N) is 5. The van der Waals surface area contributed by atoms with Crippen molar-refractivity contribution in [3.05, 3.63) is 24.4 Å². The number of hydrogen-bond acceptors (Lipinski definition) is 4. The van der Waals surface area contributed by atoms with Crippen LogP contribution in [0.1, 0.15) is 5.82 Å². The Bertz CT molecular complexity index is 386. The van der Waals surface area contributed by atoms with Crippen molar-refractivity contribution in [2.24, 2.45) is 7.05 Å². The summed E-state index contributed by atoms with van der Waals surface area (Å²) >= 11 is 0. The second-order valence-corrected chi connectivity index (χ2v) is 2.70. The molecule has 0 spiro atoms. The van der Waals surface area contributed by atoms with Gasteiger partial charge in [-0.1, -0.05) is 0 Å². The minimum absolute atomic E-state index is 0.619. The van der Waals surface area contributed by atoms with Crippen molar-refractivity contribution in [1.29, 1.82) is 0 Å². The first-order valence-electron chi connectivity index (χ1n) is 3.91. The van der Waals surface area contributed by atoms with Crippen LogP contribution in [0, 0.1) is 6.92 Å². The van der Waals surface area contributed by atoms with Crippen LogP contribution in [0.2, 0.25) is 0 Å². The second-order valence-electron chi connectivity index (χ2n) is 2.70. The van der Waals surface area contributed by atoms with Gasteiger partial charge in [0.2, 0.25) is 5.82 Å². The van der Waals surface area contributed by atoms with E-state index in [9.17, 15) is 0 Å². The summed E-state index contributed by atoms with van der Waals surface area (Å²) in [4.78, 5) is 12.3. The van der Waals surface area contributed by atoms with Crippen LogP contribution in [-0.2, 0) is 7.05 Å². The predicted molar refractivity (Wildman–Crippen MR) is 46.8 cm³/mol. The van der Waals surface area contributed by atoms with E-state index < -0.39 is 0 Å². The van der Waals surface area contributed by atoms with Gasteiger partial charge in [-0.25, -0.2) is 9.97 Å². The summed E-state index contributed by atoms with van der Waals surface area (Å²) in [6.45, 7) is 1.90. The quantitative estimate of drug-likeness (QED) is 0.636. The van der Waals surface area contributed by atoms with Gasteiger partial charge in [-0.3, -0.25) is 9.67 Å². The van der Waals surface area contributed by atoms with Crippen molar-refractivity contribution >= 4 is 0 Å². The number of rotatable bonds is 1. The van der Waals surface area contributed by atoms with E-state index in [1.165, 1.54) is 0 Å². The van der Waals surface area contributed by atoms with Gasteiger partial charge in [-0.15, -0.1) is 5.10 Å². The fourth-order valence-electron chi connectivity index (χ4n) is 0.985. The molecule has 2 heterocycles. The van der Waals surface area contributed by atoms with Crippen LogP contribution in [0.4, 0.5) is 0 Å². The van der Waals surface area contributed by atoms with Crippen LogP contribution < -0.4 is 0 Å². The second kappa shape index (κ2) is 2.93. The molecule has 0 bridgehead atoms. The zero-order valence-electron chi connectivity index (χ0n) is 7.47. The van der Waals surface area contributed by atoms with E-state index >= 15 is 0 Å². The minimum Gasteiger partial charge on any atom is -0.261 e. The summed E-state index contributed by atoms with van der Waals surface area (Å²) in [5, 5.41) is 4.18. The summed E-state index contributed by atoms with van der Waals surface area (Å²) in [5.41, 5.74) is 0.700. The highest BCUT2D eigenvalue weighted by molar-refractivity contribution is 5.45. The summed E-state index contributed by atoms with van der Waals surface area (Å²) in [6, 6.07) is 0. The van der Waals surface area contributed by atoms with Crippen LogP contribution in [-0.4, -0.2) is 24.7 Å². The molecule has 2 rings (SSSR count). The minimum atomic E-state index is 0.619. The molecule has 0 aliphatic heterocycles. The molecule has 0 aliphatic carbocycles. The summed E-state index contributed by atoms with van der Waals surface area (Å²) in [5.74, 6) is 1.48. The van der Waals surface area contributed by atoms with E-state index in [0.29, 0.717) is 11.5 Å². The predicted octanol–water partition coefficient (Wildman–Crippen LogP) is 0.581. The first kappa shape index (κ1) is 7.85. The highest BCUT2D eigenvalue weighted by Crippen LogP contribution is 2.09. The maximum absolute atomic E-state index is 4.23. The Morgan fingerprint density at radius 2 is 2.15 bits per heavy atom. The van der Waals surface area contributed by atoms with Gasteiger partial charge in [-0.2, -0.15) is 0 Å². The average Bonchev–Trinajstić information content (AvgIpc) is 2.49. The Balaban J connectivity index is 2.48. The maximum Gasteiger partial charge on any atom is 0.201 e. The van der Waals surface area contributed by atoms with E-state index in [0.717, 1.165) is 5.82 Å². The lowest BCUT2D eigenvalue weighted by molar-refractivity contribution is 0.735. The molecule has 0 aromatic carbocycles. The summed E-state index contributed by atoms with van der Waals surface area (Å²) in [6.07, 6.45) is 4.90. The Labute approximate surface area is 75.5 Å². The molecular weight excluding hydrogens is 166 g/mol. The van der Waals surface area contributed by atoms with E-state index in [1.807, 2.05) is 14.0 Å². The Hall–Kier alpha value is -1.78. The van der Waals surface area contributed by atoms with Gasteiger partial charge in [0.25, 0.3) is 0 Å². The van der Waals surface area contributed by atoms with Crippen LogP contribution in [0.5, 0.6) is 0 Å². The lowest BCUT2D eigenvalue weighted by Gasteiger charge is -1.89. The highest BCUT2D eigenvalue weighted by Gasteiger charge is 2.06. The summed E-state index contributed by atoms with van der Waals surface area (Å²) in [7, 11) is 1.85. The van der Waals surface area contributed by atoms with Gasteiger partial charge < -0.3 is 0 Å². The number of aryl methyl sites for hydroxylation is 2. The topological polar surface area (TPSA) is 56.5 Å². The van der Waals surface area contributed by atoms with Gasteiger partial charge in [0.05, 0.1) is 6.20 Å². The molecule has 0 saturated carbocycles. The molecule has 0 radical (unpaired) electrons. The molecule has 0 fully saturated rings. The van der Waals surface area contributed by atoms with Crippen LogP contribution >= 0.6 is 0 Å². The molecule has 5 heteroatoms.